The van der Waals surface area contributed by atoms with Crippen molar-refractivity contribution in [1.29, 1.82) is 0 Å². The van der Waals surface area contributed by atoms with Gasteiger partial charge in [-0.25, -0.2) is 0 Å². The van der Waals surface area contributed by atoms with Crippen molar-refractivity contribution >= 4 is 11.8 Å². The van der Waals surface area contributed by atoms with Crippen LogP contribution in [0.4, 0.5) is 0 Å². The van der Waals surface area contributed by atoms with E-state index in [-0.39, 0.29) is 23.3 Å². The Morgan fingerprint density at radius 3 is 2.67 bits per heavy atom. The second-order valence-corrected chi connectivity index (χ2v) is 6.51. The highest BCUT2D eigenvalue weighted by Gasteiger charge is 2.30. The number of hydrogen-bond acceptors (Lipinski definition) is 5. The number of carbonyl (C=O) groups excluding carboxylic acids is 2. The predicted octanol–water partition coefficient (Wildman–Crippen LogP) is 1.77. The Balaban J connectivity index is 1.70. The largest absolute Gasteiger partial charge is 0.507 e. The number of nitrogens with two attached hydrogens (primary N) is 1. The summed E-state index contributed by atoms with van der Waals surface area (Å²) in [6.45, 7) is 2.68. The van der Waals surface area contributed by atoms with Crippen LogP contribution in [-0.2, 0) is 4.74 Å². The Bertz CT molecular complexity index is 835. The van der Waals surface area contributed by atoms with Crippen molar-refractivity contribution in [3.63, 3.8) is 0 Å². The van der Waals surface area contributed by atoms with Crippen LogP contribution in [0.3, 0.4) is 0 Å². The molecule has 0 unspecified atom stereocenters. The molecule has 3 rings (SSSR count). The zero-order chi connectivity index (χ0) is 19.4. The molecule has 0 aromatic heterocycles. The number of phenols is 1. The Labute approximate surface area is 157 Å². The summed E-state index contributed by atoms with van der Waals surface area (Å²) in [5.41, 5.74) is 6.74. The van der Waals surface area contributed by atoms with E-state index in [0.29, 0.717) is 30.9 Å². The number of rotatable bonds is 5. The fourth-order valence-corrected chi connectivity index (χ4v) is 2.94. The lowest BCUT2D eigenvalue weighted by atomic mass is 10.0. The van der Waals surface area contributed by atoms with E-state index in [4.69, 9.17) is 15.2 Å². The molecule has 2 amide bonds. The van der Waals surface area contributed by atoms with Gasteiger partial charge in [-0.3, -0.25) is 9.59 Å². The van der Waals surface area contributed by atoms with Crippen LogP contribution in [0.25, 0.3) is 0 Å². The average molecular weight is 370 g/mol. The zero-order valence-electron chi connectivity index (χ0n) is 15.0. The molecule has 1 aliphatic heterocycles. The first-order chi connectivity index (χ1) is 12.9. The predicted molar refractivity (Wildman–Crippen MR) is 98.9 cm³/mol. The van der Waals surface area contributed by atoms with Crippen molar-refractivity contribution in [1.82, 2.24) is 5.32 Å². The first-order valence-electron chi connectivity index (χ1n) is 8.69. The molecule has 1 fully saturated rings. The van der Waals surface area contributed by atoms with Crippen molar-refractivity contribution in [3.05, 3.63) is 59.2 Å². The number of ether oxygens (including phenoxy) is 2. The maximum absolute atomic E-state index is 12.6. The second kappa shape index (κ2) is 8.09. The minimum atomic E-state index is -0.509. The van der Waals surface area contributed by atoms with E-state index in [1.54, 1.807) is 36.4 Å². The normalized spacial score (nSPS) is 19.3. The number of nitrogens with one attached hydrogen (secondary N) is 1. The van der Waals surface area contributed by atoms with Crippen LogP contribution in [-0.4, -0.2) is 42.3 Å². The number of carbonyl (C=O) groups is 2. The fourth-order valence-electron chi connectivity index (χ4n) is 2.94. The van der Waals surface area contributed by atoms with Crippen molar-refractivity contribution in [2.24, 2.45) is 5.73 Å². The number of hydrogen-bond donors (Lipinski definition) is 3. The number of primary amides is 1. The number of phenolic OH excluding ortho intramolecular Hbond substituents is 1. The molecule has 0 saturated carbocycles. The Morgan fingerprint density at radius 1 is 1.22 bits per heavy atom. The van der Waals surface area contributed by atoms with E-state index in [2.05, 4.69) is 5.32 Å². The summed E-state index contributed by atoms with van der Waals surface area (Å²) in [6.07, 6.45) is 0.191. The van der Waals surface area contributed by atoms with Crippen LogP contribution in [0.5, 0.6) is 11.5 Å². The molecule has 2 aromatic carbocycles. The number of aryl methyl sites for hydroxylation is 1. The summed E-state index contributed by atoms with van der Waals surface area (Å²) in [5, 5.41) is 12.9. The van der Waals surface area contributed by atoms with Gasteiger partial charge in [0, 0.05) is 12.2 Å². The molecule has 7 heteroatoms. The van der Waals surface area contributed by atoms with E-state index in [1.807, 2.05) is 6.92 Å². The van der Waals surface area contributed by atoms with E-state index >= 15 is 0 Å². The molecule has 0 aliphatic carbocycles. The lowest BCUT2D eigenvalue weighted by Crippen LogP contribution is -2.51. The minimum absolute atomic E-state index is 0.0651. The van der Waals surface area contributed by atoms with Gasteiger partial charge in [0.2, 0.25) is 5.91 Å². The molecule has 1 saturated heterocycles. The summed E-state index contributed by atoms with van der Waals surface area (Å²) in [4.78, 5) is 23.7. The third kappa shape index (κ3) is 4.57. The number of amides is 2. The lowest BCUT2D eigenvalue weighted by Gasteiger charge is -2.32. The van der Waals surface area contributed by atoms with Gasteiger partial charge in [0.1, 0.15) is 17.6 Å². The smallest absolute Gasteiger partial charge is 0.255 e. The topological polar surface area (TPSA) is 111 Å². The molecule has 27 heavy (non-hydrogen) atoms. The molecule has 4 N–H and O–H groups in total. The molecule has 2 aromatic rings. The summed E-state index contributed by atoms with van der Waals surface area (Å²) in [7, 11) is 0. The van der Waals surface area contributed by atoms with Gasteiger partial charge in [-0.2, -0.15) is 0 Å². The van der Waals surface area contributed by atoms with Gasteiger partial charge >= 0.3 is 0 Å². The monoisotopic (exact) mass is 370 g/mol. The van der Waals surface area contributed by atoms with E-state index in [1.165, 1.54) is 6.07 Å². The van der Waals surface area contributed by atoms with Gasteiger partial charge in [-0.05, 0) is 49.7 Å². The van der Waals surface area contributed by atoms with Crippen LogP contribution in [0.2, 0.25) is 0 Å². The number of benzene rings is 2. The van der Waals surface area contributed by atoms with Gasteiger partial charge in [-0.1, -0.05) is 11.6 Å². The third-order valence-corrected chi connectivity index (χ3v) is 4.44. The van der Waals surface area contributed by atoms with E-state index < -0.39 is 12.0 Å². The van der Waals surface area contributed by atoms with Gasteiger partial charge in [0.15, 0.2) is 0 Å². The zero-order valence-corrected chi connectivity index (χ0v) is 15.0. The second-order valence-electron chi connectivity index (χ2n) is 6.51. The summed E-state index contributed by atoms with van der Waals surface area (Å²) in [6, 6.07) is 11.1. The van der Waals surface area contributed by atoms with Crippen molar-refractivity contribution < 1.29 is 24.2 Å². The summed E-state index contributed by atoms with van der Waals surface area (Å²) < 4.78 is 11.4. The van der Waals surface area contributed by atoms with Gasteiger partial charge in [0.25, 0.3) is 5.91 Å². The van der Waals surface area contributed by atoms with Gasteiger partial charge < -0.3 is 25.6 Å². The van der Waals surface area contributed by atoms with Crippen molar-refractivity contribution in [2.45, 2.75) is 25.5 Å². The maximum atomic E-state index is 12.6. The Morgan fingerprint density at radius 2 is 1.96 bits per heavy atom. The standard InChI is InChI=1S/C20H22N2O5/c1-12-2-7-17(23)15(10-12)20(25)22-16-8-9-26-11-18(16)27-14-5-3-13(4-6-14)19(21)24/h2-7,10,16,18,23H,8-9,11H2,1H3,(H2,21,24)(H,22,25)/t16-,18-/m1/s1. The Kier molecular flexibility index (Phi) is 5.61. The highest BCUT2D eigenvalue weighted by atomic mass is 16.5. The van der Waals surface area contributed by atoms with Crippen molar-refractivity contribution in [2.75, 3.05) is 13.2 Å². The van der Waals surface area contributed by atoms with E-state index in [0.717, 1.165) is 5.56 Å². The van der Waals surface area contributed by atoms with E-state index in [9.17, 15) is 14.7 Å². The van der Waals surface area contributed by atoms with Crippen LogP contribution in [0, 0.1) is 6.92 Å². The first kappa shape index (κ1) is 18.7. The quantitative estimate of drug-likeness (QED) is 0.743. The third-order valence-electron chi connectivity index (χ3n) is 4.44. The molecule has 0 spiro atoms. The molecule has 7 nitrogen and oxygen atoms in total. The highest BCUT2D eigenvalue weighted by molar-refractivity contribution is 5.97. The minimum Gasteiger partial charge on any atom is -0.507 e. The number of aromatic hydroxyl groups is 1. The van der Waals surface area contributed by atoms with Crippen LogP contribution in [0.1, 0.15) is 32.7 Å². The molecule has 0 bridgehead atoms. The summed E-state index contributed by atoms with van der Waals surface area (Å²) >= 11 is 0. The first-order valence-corrected chi connectivity index (χ1v) is 8.69. The fraction of sp³-hybridized carbons (Fsp3) is 0.300. The van der Waals surface area contributed by atoms with Crippen LogP contribution in [0.15, 0.2) is 42.5 Å². The maximum Gasteiger partial charge on any atom is 0.255 e. The Hall–Kier alpha value is -3.06. The molecule has 142 valence electrons. The lowest BCUT2D eigenvalue weighted by molar-refractivity contribution is -0.0135. The van der Waals surface area contributed by atoms with Crippen LogP contribution >= 0.6 is 0 Å². The molecule has 1 aliphatic rings. The molecular formula is C20H22N2O5. The molecule has 0 radical (unpaired) electrons. The van der Waals surface area contributed by atoms with Crippen LogP contribution < -0.4 is 15.8 Å². The molecular weight excluding hydrogens is 348 g/mol. The van der Waals surface area contributed by atoms with Crippen molar-refractivity contribution in [3.8, 4) is 11.5 Å². The SMILES string of the molecule is Cc1ccc(O)c(C(=O)N[C@@H]2CCOC[C@H]2Oc2ccc(C(N)=O)cc2)c1. The summed E-state index contributed by atoms with van der Waals surface area (Å²) in [5.74, 6) is -0.385. The average Bonchev–Trinajstić information content (AvgIpc) is 2.65. The molecule has 2 atom stereocenters. The molecule has 1 heterocycles. The highest BCUT2D eigenvalue weighted by Crippen LogP contribution is 2.21. The van der Waals surface area contributed by atoms with Gasteiger partial charge in [0.05, 0.1) is 18.2 Å². The van der Waals surface area contributed by atoms with Gasteiger partial charge in [-0.15, -0.1) is 0 Å².